The number of hydrogen-bond donors (Lipinski definition) is 2. The Hall–Kier alpha value is -2.28. The molecule has 1 saturated carbocycles. The highest BCUT2D eigenvalue weighted by molar-refractivity contribution is 5.73. The SMILES string of the molecule is Cc1ccc(C(O)CCC2CCN(C[C@H]3CN([C@H](CC4CC4)C(=O)O)C[C@@H]3c3cccc(F)c3)CC2)cc1. The molecular formula is C32H43FN2O3. The molecule has 2 saturated heterocycles. The Labute approximate surface area is 226 Å². The predicted octanol–water partition coefficient (Wildman–Crippen LogP) is 5.63. The van der Waals surface area contributed by atoms with E-state index in [1.807, 2.05) is 18.2 Å². The first kappa shape index (κ1) is 27.3. The second-order valence-electron chi connectivity index (χ2n) is 12.2. The predicted molar refractivity (Wildman–Crippen MR) is 148 cm³/mol. The molecule has 2 aromatic carbocycles. The minimum atomic E-state index is -0.718. The van der Waals surface area contributed by atoms with Crippen molar-refractivity contribution >= 4 is 5.97 Å². The van der Waals surface area contributed by atoms with Crippen LogP contribution in [-0.4, -0.2) is 64.7 Å². The molecule has 0 bridgehead atoms. The van der Waals surface area contributed by atoms with E-state index in [0.717, 1.165) is 82.3 Å². The van der Waals surface area contributed by atoms with E-state index in [1.54, 1.807) is 12.1 Å². The zero-order valence-corrected chi connectivity index (χ0v) is 22.6. The smallest absolute Gasteiger partial charge is 0.320 e. The van der Waals surface area contributed by atoms with Crippen molar-refractivity contribution in [2.75, 3.05) is 32.7 Å². The molecule has 0 amide bonds. The Kier molecular flexibility index (Phi) is 8.81. The first-order valence-corrected chi connectivity index (χ1v) is 14.5. The van der Waals surface area contributed by atoms with Crippen LogP contribution in [-0.2, 0) is 4.79 Å². The quantitative estimate of drug-likeness (QED) is 0.401. The summed E-state index contributed by atoms with van der Waals surface area (Å²) in [6, 6.07) is 14.7. The van der Waals surface area contributed by atoms with Crippen LogP contribution in [0.4, 0.5) is 4.39 Å². The van der Waals surface area contributed by atoms with Crippen molar-refractivity contribution in [2.24, 2.45) is 17.8 Å². The summed E-state index contributed by atoms with van der Waals surface area (Å²) in [6.45, 7) is 6.49. The molecule has 5 rings (SSSR count). The standard InChI is InChI=1S/C32H43FN2O3/c1-22-5-10-25(11-6-22)31(36)12-9-23-13-15-34(16-14-23)19-27-20-35(30(32(37)38)17-24-7-8-24)21-29(27)26-3-2-4-28(33)18-26/h2-6,10-11,18,23-24,27,29-31,36H,7-9,12-17,19-21H2,1H3,(H,37,38)/t27-,29+,30+,31?/m0/s1. The van der Waals surface area contributed by atoms with E-state index in [2.05, 4.69) is 28.9 Å². The van der Waals surface area contributed by atoms with Crippen molar-refractivity contribution in [3.8, 4) is 0 Å². The molecule has 2 aliphatic heterocycles. The van der Waals surface area contributed by atoms with Crippen molar-refractivity contribution in [1.29, 1.82) is 0 Å². The normalized spacial score (nSPS) is 24.9. The number of rotatable bonds is 11. The highest BCUT2D eigenvalue weighted by atomic mass is 19.1. The lowest BCUT2D eigenvalue weighted by Gasteiger charge is -2.35. The third-order valence-electron chi connectivity index (χ3n) is 9.24. The Bertz CT molecular complexity index is 1060. The van der Waals surface area contributed by atoms with Crippen molar-refractivity contribution in [3.05, 3.63) is 71.0 Å². The van der Waals surface area contributed by atoms with E-state index in [9.17, 15) is 19.4 Å². The van der Waals surface area contributed by atoms with Gasteiger partial charge in [-0.2, -0.15) is 0 Å². The molecule has 206 valence electrons. The van der Waals surface area contributed by atoms with E-state index in [-0.39, 0.29) is 17.7 Å². The summed E-state index contributed by atoms with van der Waals surface area (Å²) in [5.74, 6) is 0.670. The second kappa shape index (κ2) is 12.3. The van der Waals surface area contributed by atoms with Gasteiger partial charge in [0.05, 0.1) is 6.10 Å². The van der Waals surface area contributed by atoms with Gasteiger partial charge in [-0.3, -0.25) is 9.69 Å². The topological polar surface area (TPSA) is 64.0 Å². The maximum absolute atomic E-state index is 14.1. The van der Waals surface area contributed by atoms with Crippen LogP contribution in [0, 0.1) is 30.5 Å². The number of carboxylic acids is 1. The zero-order valence-electron chi connectivity index (χ0n) is 22.6. The molecule has 4 atom stereocenters. The zero-order chi connectivity index (χ0) is 26.6. The van der Waals surface area contributed by atoms with Crippen LogP contribution in [0.3, 0.4) is 0 Å². The lowest BCUT2D eigenvalue weighted by Crippen LogP contribution is -2.41. The maximum Gasteiger partial charge on any atom is 0.320 e. The molecule has 1 aliphatic carbocycles. The van der Waals surface area contributed by atoms with Gasteiger partial charge >= 0.3 is 5.97 Å². The van der Waals surface area contributed by atoms with Gasteiger partial charge in [0.2, 0.25) is 0 Å². The summed E-state index contributed by atoms with van der Waals surface area (Å²) in [7, 11) is 0. The monoisotopic (exact) mass is 522 g/mol. The Morgan fingerprint density at radius 1 is 1.03 bits per heavy atom. The van der Waals surface area contributed by atoms with Crippen molar-refractivity contribution < 1.29 is 19.4 Å². The molecule has 2 N–H and O–H groups in total. The highest BCUT2D eigenvalue weighted by Gasteiger charge is 2.42. The number of hydrogen-bond acceptors (Lipinski definition) is 4. The van der Waals surface area contributed by atoms with Crippen LogP contribution in [0.2, 0.25) is 0 Å². The number of nitrogens with zero attached hydrogens (tertiary/aromatic N) is 2. The van der Waals surface area contributed by atoms with Gasteiger partial charge < -0.3 is 15.1 Å². The van der Waals surface area contributed by atoms with Gasteiger partial charge in [0, 0.05) is 25.6 Å². The number of carbonyl (C=O) groups is 1. The summed E-state index contributed by atoms with van der Waals surface area (Å²) in [5, 5.41) is 20.6. The van der Waals surface area contributed by atoms with Crippen LogP contribution >= 0.6 is 0 Å². The van der Waals surface area contributed by atoms with Crippen LogP contribution in [0.1, 0.15) is 73.7 Å². The number of carboxylic acid groups (broad SMARTS) is 1. The fourth-order valence-corrected chi connectivity index (χ4v) is 6.67. The first-order chi connectivity index (χ1) is 18.4. The molecule has 0 radical (unpaired) electrons. The third kappa shape index (κ3) is 7.02. The van der Waals surface area contributed by atoms with Crippen LogP contribution < -0.4 is 0 Å². The third-order valence-corrected chi connectivity index (χ3v) is 9.24. The lowest BCUT2D eigenvalue weighted by molar-refractivity contribution is -0.143. The summed E-state index contributed by atoms with van der Waals surface area (Å²) >= 11 is 0. The lowest BCUT2D eigenvalue weighted by atomic mass is 9.86. The van der Waals surface area contributed by atoms with Crippen LogP contribution in [0.15, 0.2) is 48.5 Å². The van der Waals surface area contributed by atoms with Gasteiger partial charge in [0.15, 0.2) is 0 Å². The average molecular weight is 523 g/mol. The second-order valence-corrected chi connectivity index (χ2v) is 12.2. The van der Waals surface area contributed by atoms with E-state index < -0.39 is 18.1 Å². The van der Waals surface area contributed by atoms with Gasteiger partial charge in [0.1, 0.15) is 11.9 Å². The molecule has 3 aliphatic rings. The number of piperidine rings is 1. The van der Waals surface area contributed by atoms with Gasteiger partial charge in [-0.15, -0.1) is 0 Å². The number of likely N-dealkylation sites (tertiary alicyclic amines) is 2. The van der Waals surface area contributed by atoms with E-state index in [4.69, 9.17) is 0 Å². The Morgan fingerprint density at radius 3 is 2.42 bits per heavy atom. The molecular weight excluding hydrogens is 479 g/mol. The Balaban J connectivity index is 1.17. The van der Waals surface area contributed by atoms with E-state index in [1.165, 1.54) is 11.6 Å². The molecule has 38 heavy (non-hydrogen) atoms. The average Bonchev–Trinajstić information content (AvgIpc) is 3.64. The van der Waals surface area contributed by atoms with Crippen LogP contribution in [0.5, 0.6) is 0 Å². The van der Waals surface area contributed by atoms with Gasteiger partial charge in [0.25, 0.3) is 0 Å². The van der Waals surface area contributed by atoms with Gasteiger partial charge in [-0.25, -0.2) is 4.39 Å². The maximum atomic E-state index is 14.1. The fourth-order valence-electron chi connectivity index (χ4n) is 6.67. The molecule has 3 fully saturated rings. The summed E-state index contributed by atoms with van der Waals surface area (Å²) in [5.41, 5.74) is 3.20. The van der Waals surface area contributed by atoms with E-state index in [0.29, 0.717) is 18.4 Å². The van der Waals surface area contributed by atoms with Crippen LogP contribution in [0.25, 0.3) is 0 Å². The summed E-state index contributed by atoms with van der Waals surface area (Å²) in [6.07, 6.45) is 6.71. The number of aliphatic hydroxyl groups excluding tert-OH is 1. The molecule has 2 aromatic rings. The van der Waals surface area contributed by atoms with E-state index >= 15 is 0 Å². The minimum Gasteiger partial charge on any atom is -0.480 e. The summed E-state index contributed by atoms with van der Waals surface area (Å²) in [4.78, 5) is 16.9. The first-order valence-electron chi connectivity index (χ1n) is 14.5. The summed E-state index contributed by atoms with van der Waals surface area (Å²) < 4.78 is 14.1. The number of aliphatic hydroxyl groups is 1. The number of halogens is 1. The fraction of sp³-hybridized carbons (Fsp3) is 0.594. The van der Waals surface area contributed by atoms with Gasteiger partial charge in [-0.05, 0) is 93.1 Å². The van der Waals surface area contributed by atoms with Gasteiger partial charge in [-0.1, -0.05) is 54.8 Å². The molecule has 5 nitrogen and oxygen atoms in total. The molecule has 6 heteroatoms. The molecule has 2 heterocycles. The minimum absolute atomic E-state index is 0.147. The number of benzene rings is 2. The number of aliphatic carboxylic acids is 1. The highest BCUT2D eigenvalue weighted by Crippen LogP contribution is 2.40. The van der Waals surface area contributed by atoms with Crippen molar-refractivity contribution in [1.82, 2.24) is 9.80 Å². The Morgan fingerprint density at radius 2 is 1.76 bits per heavy atom. The van der Waals surface area contributed by atoms with Crippen molar-refractivity contribution in [2.45, 2.75) is 69.9 Å². The van der Waals surface area contributed by atoms with Crippen molar-refractivity contribution in [3.63, 3.8) is 0 Å². The largest absolute Gasteiger partial charge is 0.480 e. The molecule has 1 unspecified atom stereocenters. The molecule has 0 aromatic heterocycles. The number of aryl methyl sites for hydroxylation is 1. The molecule has 0 spiro atoms.